The van der Waals surface area contributed by atoms with Gasteiger partial charge in [-0.2, -0.15) is 5.26 Å². The molecule has 0 saturated carbocycles. The number of piperazine rings is 1. The lowest BCUT2D eigenvalue weighted by Gasteiger charge is -2.44. The number of aromatic amines is 1. The molecular formula is C51H56N8O5. The monoisotopic (exact) mass is 860 g/mol. The van der Waals surface area contributed by atoms with Crippen molar-refractivity contribution in [3.63, 3.8) is 0 Å². The van der Waals surface area contributed by atoms with Gasteiger partial charge in [-0.3, -0.25) is 39.1 Å². The topological polar surface area (TPSA) is 162 Å². The number of H-pyrrole nitrogens is 1. The largest absolute Gasteiger partial charge is 0.371 e. The molecule has 3 fully saturated rings. The number of piperidine rings is 2. The van der Waals surface area contributed by atoms with Gasteiger partial charge < -0.3 is 20.1 Å². The Morgan fingerprint density at radius 3 is 2.48 bits per heavy atom. The number of hydrogen-bond donors (Lipinski definition) is 3. The molecule has 4 amide bonds. The van der Waals surface area contributed by atoms with Gasteiger partial charge in [-0.25, -0.2) is 0 Å². The number of unbranched alkanes of at least 4 members (excludes halogenated alkanes) is 2. The first-order chi connectivity index (χ1) is 30.9. The third-order valence-electron chi connectivity index (χ3n) is 14.2. The van der Waals surface area contributed by atoms with Crippen LogP contribution >= 0.6 is 0 Å². The van der Waals surface area contributed by atoms with Crippen LogP contribution in [0.4, 0.5) is 5.69 Å². The van der Waals surface area contributed by atoms with Crippen LogP contribution in [0.3, 0.4) is 0 Å². The van der Waals surface area contributed by atoms with Gasteiger partial charge in [0, 0.05) is 116 Å². The van der Waals surface area contributed by atoms with Gasteiger partial charge in [0.05, 0.1) is 23.7 Å². The van der Waals surface area contributed by atoms with E-state index < -0.39 is 17.4 Å². The molecule has 1 aromatic heterocycles. The molecule has 1 aliphatic carbocycles. The van der Waals surface area contributed by atoms with Crippen molar-refractivity contribution in [3.8, 4) is 17.9 Å². The number of anilines is 1. The molecule has 0 bridgehead atoms. The van der Waals surface area contributed by atoms with E-state index in [1.807, 2.05) is 24.3 Å². The van der Waals surface area contributed by atoms with E-state index in [1.165, 1.54) is 11.3 Å². The molecule has 64 heavy (non-hydrogen) atoms. The highest BCUT2D eigenvalue weighted by Crippen LogP contribution is 2.46. The maximum atomic E-state index is 14.1. The third kappa shape index (κ3) is 8.08. The Hall–Kier alpha value is -6.28. The van der Waals surface area contributed by atoms with Crippen molar-refractivity contribution >= 4 is 46.0 Å². The lowest BCUT2D eigenvalue weighted by molar-refractivity contribution is -0.137. The molecule has 1 unspecified atom stereocenters. The molecule has 5 aliphatic rings. The fourth-order valence-electron chi connectivity index (χ4n) is 10.6. The minimum absolute atomic E-state index is 0.0485. The number of nitrogens with one attached hydrogen (secondary N) is 3. The smallest absolute Gasteiger partial charge is 0.255 e. The Bertz CT molecular complexity index is 2670. The summed E-state index contributed by atoms with van der Waals surface area (Å²) in [4.78, 5) is 76.6. The lowest BCUT2D eigenvalue weighted by Crippen LogP contribution is -2.54. The minimum atomic E-state index is -0.652. The van der Waals surface area contributed by atoms with Crippen LogP contribution in [-0.2, 0) is 32.8 Å². The van der Waals surface area contributed by atoms with E-state index in [2.05, 4.69) is 81.1 Å². The number of aromatic nitrogens is 1. The van der Waals surface area contributed by atoms with Crippen molar-refractivity contribution in [3.05, 3.63) is 98.7 Å². The van der Waals surface area contributed by atoms with Gasteiger partial charge in [-0.15, -0.1) is 0 Å². The van der Waals surface area contributed by atoms with Gasteiger partial charge in [0.25, 0.3) is 5.91 Å². The van der Waals surface area contributed by atoms with Crippen molar-refractivity contribution in [1.29, 1.82) is 5.26 Å². The van der Waals surface area contributed by atoms with E-state index in [0.717, 1.165) is 116 Å². The second-order valence-electron chi connectivity index (χ2n) is 18.5. The SMILES string of the molecule is CCc1cc2c(cc1N1CCC(N3CCN(CC(=O)NCCCCC#Cc4cccc5c4CN(C4CCC(=O)NC4=O)C5=O)CC3)CC1)C(C)(C)c1[nH]c3cc(C#N)ccc3c1C2=O. The van der Waals surface area contributed by atoms with E-state index in [0.29, 0.717) is 49.6 Å². The fourth-order valence-corrected chi connectivity index (χ4v) is 10.6. The first-order valence-electron chi connectivity index (χ1n) is 23.0. The summed E-state index contributed by atoms with van der Waals surface area (Å²) in [5.74, 6) is 5.62. The number of ketones is 1. The first kappa shape index (κ1) is 43.0. The highest BCUT2D eigenvalue weighted by molar-refractivity contribution is 6.20. The van der Waals surface area contributed by atoms with Crippen molar-refractivity contribution in [2.45, 2.75) is 96.2 Å². The van der Waals surface area contributed by atoms with E-state index in [1.54, 1.807) is 17.0 Å². The number of carbonyl (C=O) groups is 5. The van der Waals surface area contributed by atoms with Crippen molar-refractivity contribution in [1.82, 2.24) is 30.3 Å². The van der Waals surface area contributed by atoms with Gasteiger partial charge >= 0.3 is 0 Å². The van der Waals surface area contributed by atoms with Crippen LogP contribution in [-0.4, -0.2) is 114 Å². The predicted molar refractivity (Wildman–Crippen MR) is 244 cm³/mol. The van der Waals surface area contributed by atoms with E-state index in [-0.39, 0.29) is 29.9 Å². The molecule has 4 aromatic rings. The van der Waals surface area contributed by atoms with Gasteiger partial charge in [0.15, 0.2) is 5.78 Å². The summed E-state index contributed by atoms with van der Waals surface area (Å²) in [5, 5.41) is 15.8. The molecule has 4 aliphatic heterocycles. The van der Waals surface area contributed by atoms with Gasteiger partial charge in [-0.1, -0.05) is 44.7 Å². The van der Waals surface area contributed by atoms with Crippen LogP contribution < -0.4 is 15.5 Å². The number of hydrogen-bond acceptors (Lipinski definition) is 9. The van der Waals surface area contributed by atoms with Crippen molar-refractivity contribution in [2.24, 2.45) is 0 Å². The van der Waals surface area contributed by atoms with Crippen LogP contribution in [0.1, 0.15) is 126 Å². The molecule has 13 nitrogen and oxygen atoms in total. The third-order valence-corrected chi connectivity index (χ3v) is 14.2. The molecule has 3 aromatic carbocycles. The van der Waals surface area contributed by atoms with Crippen LogP contribution in [0.2, 0.25) is 0 Å². The Kier molecular flexibility index (Phi) is 11.9. The highest BCUT2D eigenvalue weighted by Gasteiger charge is 2.42. The molecular weight excluding hydrogens is 805 g/mol. The van der Waals surface area contributed by atoms with E-state index in [4.69, 9.17) is 0 Å². The summed E-state index contributed by atoms with van der Waals surface area (Å²) < 4.78 is 0. The Balaban J connectivity index is 0.710. The molecule has 330 valence electrons. The molecule has 1 atom stereocenters. The number of imide groups is 1. The second kappa shape index (κ2) is 17.7. The van der Waals surface area contributed by atoms with E-state index in [9.17, 15) is 29.2 Å². The molecule has 13 heteroatoms. The molecule has 3 N–H and O–H groups in total. The number of benzene rings is 3. The zero-order valence-electron chi connectivity index (χ0n) is 37.1. The Morgan fingerprint density at radius 1 is 0.938 bits per heavy atom. The Morgan fingerprint density at radius 2 is 1.73 bits per heavy atom. The van der Waals surface area contributed by atoms with Gasteiger partial charge in [-0.05, 0) is 91.6 Å². The van der Waals surface area contributed by atoms with Gasteiger partial charge in [0.2, 0.25) is 17.7 Å². The molecule has 0 spiro atoms. The number of amides is 4. The summed E-state index contributed by atoms with van der Waals surface area (Å²) in [7, 11) is 0. The zero-order chi connectivity index (χ0) is 44.7. The highest BCUT2D eigenvalue weighted by atomic mass is 16.2. The number of fused-ring (bicyclic) bond motifs is 5. The maximum Gasteiger partial charge on any atom is 0.255 e. The number of carbonyl (C=O) groups excluding carboxylic acids is 5. The number of aryl methyl sites for hydroxylation is 1. The van der Waals surface area contributed by atoms with Crippen LogP contribution in [0, 0.1) is 23.2 Å². The summed E-state index contributed by atoms with van der Waals surface area (Å²) in [6.45, 7) is 13.4. The van der Waals surface area contributed by atoms with Crippen molar-refractivity contribution < 1.29 is 24.0 Å². The quantitative estimate of drug-likeness (QED) is 0.111. The molecule has 3 saturated heterocycles. The number of nitriles is 1. The average molecular weight is 861 g/mol. The lowest BCUT2D eigenvalue weighted by atomic mass is 9.70. The molecule has 0 radical (unpaired) electrons. The molecule has 5 heterocycles. The minimum Gasteiger partial charge on any atom is -0.371 e. The normalized spacial score (nSPS) is 20.0. The molecule has 9 rings (SSSR count). The maximum absolute atomic E-state index is 14.1. The zero-order valence-corrected chi connectivity index (χ0v) is 37.1. The van der Waals surface area contributed by atoms with E-state index >= 15 is 0 Å². The number of rotatable bonds is 10. The average Bonchev–Trinajstić information content (AvgIpc) is 3.86. The van der Waals surface area contributed by atoms with Crippen LogP contribution in [0.25, 0.3) is 10.9 Å². The summed E-state index contributed by atoms with van der Waals surface area (Å²) in [6, 6.07) is 17.5. The Labute approximate surface area is 374 Å². The summed E-state index contributed by atoms with van der Waals surface area (Å²) in [6.07, 6.45) is 5.83. The van der Waals surface area contributed by atoms with Crippen molar-refractivity contribution in [2.75, 3.05) is 57.3 Å². The summed E-state index contributed by atoms with van der Waals surface area (Å²) in [5.41, 5.74) is 9.03. The summed E-state index contributed by atoms with van der Waals surface area (Å²) >= 11 is 0. The number of nitrogens with zero attached hydrogens (tertiary/aromatic N) is 5. The van der Waals surface area contributed by atoms with Crippen LogP contribution in [0.15, 0.2) is 48.5 Å². The standard InChI is InChI=1S/C51H56N8O5/c1-4-33-27-38-40(51(2,3)48-46(47(38)62)37-14-13-32(29-52)26-41(37)54-48)28-43(33)58-20-17-35(18-21-58)57-24-22-56(23-25-57)31-45(61)53-19-8-6-5-7-10-34-11-9-12-36-39(34)30-59(50(36)64)42-15-16-44(60)55-49(42)63/h9,11-14,26-28,35,42,54H,4-6,8,15-25,30-31H2,1-3H3,(H,53,61)(H,55,60,63). The second-order valence-corrected chi connectivity index (χ2v) is 18.5. The van der Waals surface area contributed by atoms with Gasteiger partial charge in [0.1, 0.15) is 6.04 Å². The predicted octanol–water partition coefficient (Wildman–Crippen LogP) is 5.16. The first-order valence-corrected chi connectivity index (χ1v) is 23.0. The fraction of sp³-hybridized carbons (Fsp3) is 0.451. The van der Waals surface area contributed by atoms with Crippen LogP contribution in [0.5, 0.6) is 0 Å².